The molecule has 2 rings (SSSR count). The summed E-state index contributed by atoms with van der Waals surface area (Å²) in [7, 11) is 1.89. The zero-order chi connectivity index (χ0) is 14.5. The summed E-state index contributed by atoms with van der Waals surface area (Å²) in [6, 6.07) is 0. The van der Waals surface area contributed by atoms with E-state index in [0.29, 0.717) is 29.7 Å². The lowest BCUT2D eigenvalue weighted by Crippen LogP contribution is -2.24. The van der Waals surface area contributed by atoms with Gasteiger partial charge in [0.05, 0.1) is 18.4 Å². The van der Waals surface area contributed by atoms with Gasteiger partial charge in [-0.3, -0.25) is 4.79 Å². The van der Waals surface area contributed by atoms with Crippen molar-refractivity contribution in [2.75, 3.05) is 11.9 Å². The average Bonchev–Trinajstić information content (AvgIpc) is 2.84. The topological polar surface area (TPSA) is 77.6 Å². The Hall–Kier alpha value is -1.96. The minimum atomic E-state index is -0.187. The molecule has 1 N–H and O–H groups in total. The van der Waals surface area contributed by atoms with Crippen molar-refractivity contribution in [2.24, 2.45) is 7.05 Å². The van der Waals surface area contributed by atoms with Crippen LogP contribution in [0.15, 0.2) is 34.4 Å². The molecule has 0 amide bonds. The van der Waals surface area contributed by atoms with Crippen molar-refractivity contribution in [3.63, 3.8) is 0 Å². The van der Waals surface area contributed by atoms with Crippen LogP contribution in [-0.2, 0) is 20.0 Å². The maximum absolute atomic E-state index is 12.0. The molecule has 0 atom stereocenters. The summed E-state index contributed by atoms with van der Waals surface area (Å²) in [6.07, 6.45) is 5.61. The predicted octanol–water partition coefficient (Wildman–Crippen LogP) is 0.975. The van der Waals surface area contributed by atoms with Gasteiger partial charge in [0.1, 0.15) is 16.6 Å². The van der Waals surface area contributed by atoms with Gasteiger partial charge in [-0.25, -0.2) is 4.68 Å². The molecule has 2 heterocycles. The van der Waals surface area contributed by atoms with E-state index in [1.54, 1.807) is 18.6 Å². The summed E-state index contributed by atoms with van der Waals surface area (Å²) in [6.45, 7) is 4.61. The smallest absolute Gasteiger partial charge is 0.283 e. The van der Waals surface area contributed by atoms with E-state index < -0.39 is 0 Å². The molecule has 106 valence electrons. The van der Waals surface area contributed by atoms with Gasteiger partial charge in [0.2, 0.25) is 0 Å². The van der Waals surface area contributed by atoms with Crippen LogP contribution in [0.3, 0.4) is 0 Å². The van der Waals surface area contributed by atoms with Crippen molar-refractivity contribution in [1.29, 1.82) is 0 Å². The molecule has 0 spiro atoms. The molecule has 2 aromatic rings. The maximum Gasteiger partial charge on any atom is 0.283 e. The Morgan fingerprint density at radius 3 is 3.00 bits per heavy atom. The van der Waals surface area contributed by atoms with Gasteiger partial charge in [-0.15, -0.1) is 16.8 Å². The van der Waals surface area contributed by atoms with Gasteiger partial charge in [-0.05, 0) is 15.9 Å². The third-order valence-corrected chi connectivity index (χ3v) is 3.52. The van der Waals surface area contributed by atoms with Gasteiger partial charge in [0.15, 0.2) is 0 Å². The molecular formula is C12H15BrN6O. The molecule has 0 saturated heterocycles. The van der Waals surface area contributed by atoms with Gasteiger partial charge >= 0.3 is 0 Å². The highest BCUT2D eigenvalue weighted by atomic mass is 79.9. The fraction of sp³-hybridized carbons (Fsp3) is 0.333. The molecule has 0 fully saturated rings. The number of hydrogen-bond acceptors (Lipinski definition) is 5. The fourth-order valence-corrected chi connectivity index (χ4v) is 2.13. The van der Waals surface area contributed by atoms with Gasteiger partial charge in [-0.2, -0.15) is 5.10 Å². The highest BCUT2D eigenvalue weighted by Gasteiger charge is 2.08. The Bertz CT molecular complexity index is 662. The van der Waals surface area contributed by atoms with E-state index in [2.05, 4.69) is 43.1 Å². The standard InChI is InChI=1S/C12H15BrN6O/c1-3-6-19-12(20)11(13)9(7-16-19)14-5-4-10-17-15-8-18(10)2/h3,7-8,14H,1,4-6H2,2H3. The first-order valence-electron chi connectivity index (χ1n) is 6.06. The predicted molar refractivity (Wildman–Crippen MR) is 79.6 cm³/mol. The second-order valence-electron chi connectivity index (χ2n) is 4.18. The summed E-state index contributed by atoms with van der Waals surface area (Å²) in [4.78, 5) is 12.0. The largest absolute Gasteiger partial charge is 0.382 e. The lowest BCUT2D eigenvalue weighted by Gasteiger charge is -2.09. The van der Waals surface area contributed by atoms with Crippen LogP contribution in [-0.4, -0.2) is 31.1 Å². The van der Waals surface area contributed by atoms with Crippen LogP contribution < -0.4 is 10.9 Å². The van der Waals surface area contributed by atoms with Crippen LogP contribution in [0.25, 0.3) is 0 Å². The van der Waals surface area contributed by atoms with E-state index >= 15 is 0 Å². The Balaban J connectivity index is 2.03. The number of nitrogens with zero attached hydrogens (tertiary/aromatic N) is 5. The molecule has 0 radical (unpaired) electrons. The second-order valence-corrected chi connectivity index (χ2v) is 4.98. The highest BCUT2D eigenvalue weighted by molar-refractivity contribution is 9.10. The Kier molecular flexibility index (Phi) is 4.67. The summed E-state index contributed by atoms with van der Waals surface area (Å²) in [5.74, 6) is 0.876. The molecular weight excluding hydrogens is 324 g/mol. The third kappa shape index (κ3) is 3.13. The van der Waals surface area contributed by atoms with Gasteiger partial charge in [0.25, 0.3) is 5.56 Å². The van der Waals surface area contributed by atoms with Crippen LogP contribution in [0.1, 0.15) is 5.82 Å². The molecule has 0 aliphatic carbocycles. The molecule has 0 aliphatic rings. The van der Waals surface area contributed by atoms with E-state index in [0.717, 1.165) is 5.82 Å². The maximum atomic E-state index is 12.0. The first-order chi connectivity index (χ1) is 9.63. The van der Waals surface area contributed by atoms with Gasteiger partial charge < -0.3 is 9.88 Å². The van der Waals surface area contributed by atoms with Gasteiger partial charge in [0, 0.05) is 20.0 Å². The number of nitrogens with one attached hydrogen (secondary N) is 1. The number of hydrogen-bond donors (Lipinski definition) is 1. The molecule has 0 aromatic carbocycles. The molecule has 0 unspecified atom stereocenters. The number of anilines is 1. The Morgan fingerprint density at radius 1 is 1.55 bits per heavy atom. The summed E-state index contributed by atoms with van der Waals surface area (Å²) < 4.78 is 3.66. The molecule has 0 bridgehead atoms. The minimum absolute atomic E-state index is 0.187. The summed E-state index contributed by atoms with van der Waals surface area (Å²) in [5.41, 5.74) is 0.478. The average molecular weight is 339 g/mol. The van der Waals surface area contributed by atoms with E-state index in [-0.39, 0.29) is 5.56 Å². The van der Waals surface area contributed by atoms with Crippen molar-refractivity contribution in [2.45, 2.75) is 13.0 Å². The number of aryl methyl sites for hydroxylation is 1. The second kappa shape index (κ2) is 6.47. The van der Waals surface area contributed by atoms with Crippen molar-refractivity contribution in [3.8, 4) is 0 Å². The molecule has 8 heteroatoms. The minimum Gasteiger partial charge on any atom is -0.382 e. The number of halogens is 1. The van der Waals surface area contributed by atoms with Crippen LogP contribution in [0.2, 0.25) is 0 Å². The van der Waals surface area contributed by atoms with Crippen LogP contribution in [0.4, 0.5) is 5.69 Å². The summed E-state index contributed by atoms with van der Waals surface area (Å²) in [5, 5.41) is 15.0. The van der Waals surface area contributed by atoms with Crippen LogP contribution in [0, 0.1) is 0 Å². The number of rotatable bonds is 6. The monoisotopic (exact) mass is 338 g/mol. The first kappa shape index (κ1) is 14.4. The lowest BCUT2D eigenvalue weighted by atomic mass is 10.3. The first-order valence-corrected chi connectivity index (χ1v) is 6.86. The highest BCUT2D eigenvalue weighted by Crippen LogP contribution is 2.15. The molecule has 0 aliphatic heterocycles. The number of aromatic nitrogens is 5. The zero-order valence-electron chi connectivity index (χ0n) is 11.1. The van der Waals surface area contributed by atoms with E-state index in [1.807, 2.05) is 11.6 Å². The van der Waals surface area contributed by atoms with E-state index in [4.69, 9.17) is 0 Å². The quantitative estimate of drug-likeness (QED) is 0.794. The number of allylic oxidation sites excluding steroid dienone is 1. The van der Waals surface area contributed by atoms with E-state index in [1.165, 1.54) is 4.68 Å². The SMILES string of the molecule is C=CCn1ncc(NCCc2nncn2C)c(Br)c1=O. The van der Waals surface area contributed by atoms with Crippen molar-refractivity contribution in [1.82, 2.24) is 24.5 Å². The Labute approximate surface area is 124 Å². The third-order valence-electron chi connectivity index (χ3n) is 2.76. The van der Waals surface area contributed by atoms with Gasteiger partial charge in [-0.1, -0.05) is 6.08 Å². The normalized spacial score (nSPS) is 10.5. The fourth-order valence-electron chi connectivity index (χ4n) is 1.68. The van der Waals surface area contributed by atoms with Crippen molar-refractivity contribution >= 4 is 21.6 Å². The summed E-state index contributed by atoms with van der Waals surface area (Å²) >= 11 is 3.29. The Morgan fingerprint density at radius 2 is 2.35 bits per heavy atom. The van der Waals surface area contributed by atoms with Crippen molar-refractivity contribution in [3.05, 3.63) is 45.8 Å². The van der Waals surface area contributed by atoms with Crippen LogP contribution >= 0.6 is 15.9 Å². The lowest BCUT2D eigenvalue weighted by molar-refractivity contribution is 0.648. The molecule has 7 nitrogen and oxygen atoms in total. The van der Waals surface area contributed by atoms with Crippen LogP contribution in [0.5, 0.6) is 0 Å². The molecule has 0 saturated carbocycles. The van der Waals surface area contributed by atoms with Crippen molar-refractivity contribution < 1.29 is 0 Å². The zero-order valence-corrected chi connectivity index (χ0v) is 12.7. The molecule has 2 aromatic heterocycles. The molecule has 20 heavy (non-hydrogen) atoms. The van der Waals surface area contributed by atoms with E-state index in [9.17, 15) is 4.79 Å².